The molecule has 3 amide bonds. The second-order valence-corrected chi connectivity index (χ2v) is 4.84. The van der Waals surface area contributed by atoms with Gasteiger partial charge in [-0.25, -0.2) is 9.69 Å². The van der Waals surface area contributed by atoms with E-state index in [2.05, 4.69) is 21.2 Å². The van der Waals surface area contributed by atoms with Crippen molar-refractivity contribution >= 4 is 39.9 Å². The first-order valence-corrected chi connectivity index (χ1v) is 6.22. The number of benzene rings is 1. The van der Waals surface area contributed by atoms with E-state index in [0.717, 1.165) is 0 Å². The van der Waals surface area contributed by atoms with Crippen LogP contribution in [0.25, 0.3) is 6.08 Å². The number of urea groups is 1. The number of phenols is 1. The second-order valence-electron chi connectivity index (χ2n) is 3.98. The number of aliphatic carboxylic acids is 1. The largest absolute Gasteiger partial charge is 0.507 e. The number of hydrogen-bond acceptors (Lipinski definition) is 4. The first-order chi connectivity index (χ1) is 9.38. The molecule has 0 bridgehead atoms. The van der Waals surface area contributed by atoms with E-state index in [1.165, 1.54) is 12.1 Å². The highest BCUT2D eigenvalue weighted by atomic mass is 79.9. The third-order valence-corrected chi connectivity index (χ3v) is 3.17. The van der Waals surface area contributed by atoms with Gasteiger partial charge in [-0.15, -0.1) is 0 Å². The Bertz CT molecular complexity index is 641. The molecule has 8 heteroatoms. The number of aromatic hydroxyl groups is 1. The summed E-state index contributed by atoms with van der Waals surface area (Å²) in [5.41, 5.74) is 0.546. The average Bonchev–Trinajstić information content (AvgIpc) is 2.61. The maximum absolute atomic E-state index is 11.9. The fourth-order valence-electron chi connectivity index (χ4n) is 1.63. The van der Waals surface area contributed by atoms with Crippen LogP contribution in [0.4, 0.5) is 4.79 Å². The normalized spacial score (nSPS) is 16.6. The Morgan fingerprint density at radius 3 is 2.70 bits per heavy atom. The average molecular weight is 341 g/mol. The molecule has 0 atom stereocenters. The molecule has 0 aliphatic carbocycles. The molecule has 3 N–H and O–H groups in total. The van der Waals surface area contributed by atoms with E-state index < -0.39 is 24.5 Å². The lowest BCUT2D eigenvalue weighted by Gasteiger charge is -2.06. The predicted molar refractivity (Wildman–Crippen MR) is 71.7 cm³/mol. The van der Waals surface area contributed by atoms with Crippen LogP contribution >= 0.6 is 15.9 Å². The predicted octanol–water partition coefficient (Wildman–Crippen LogP) is 1.13. The molecule has 20 heavy (non-hydrogen) atoms. The molecule has 0 spiro atoms. The molecular formula is C12H9BrN2O5. The van der Waals surface area contributed by atoms with Crippen LogP contribution in [0.3, 0.4) is 0 Å². The molecule has 7 nitrogen and oxygen atoms in total. The summed E-state index contributed by atoms with van der Waals surface area (Å²) >= 11 is 3.13. The quantitative estimate of drug-likeness (QED) is 0.564. The van der Waals surface area contributed by atoms with E-state index in [-0.39, 0.29) is 11.4 Å². The minimum atomic E-state index is -1.28. The van der Waals surface area contributed by atoms with Gasteiger partial charge in [0.2, 0.25) is 0 Å². The van der Waals surface area contributed by atoms with E-state index in [1.807, 2.05) is 0 Å². The van der Waals surface area contributed by atoms with Gasteiger partial charge < -0.3 is 15.5 Å². The van der Waals surface area contributed by atoms with Crippen molar-refractivity contribution in [2.24, 2.45) is 0 Å². The minimum absolute atomic E-state index is 0.0196. The summed E-state index contributed by atoms with van der Waals surface area (Å²) in [5.74, 6) is -1.94. The van der Waals surface area contributed by atoms with E-state index in [0.29, 0.717) is 14.9 Å². The van der Waals surface area contributed by atoms with E-state index in [1.54, 1.807) is 12.1 Å². The fraction of sp³-hybridized carbons (Fsp3) is 0.0833. The zero-order valence-corrected chi connectivity index (χ0v) is 11.5. The van der Waals surface area contributed by atoms with Gasteiger partial charge in [-0.3, -0.25) is 9.59 Å². The standard InChI is InChI=1S/C12H9BrN2O5/c13-7-3-6(1-2-9(7)16)4-8-11(19)15(5-10(17)18)12(20)14-8/h1-4,16H,5H2,(H,14,20)(H,17,18)/b8-4+. The molecule has 0 saturated carbocycles. The lowest BCUT2D eigenvalue weighted by atomic mass is 10.2. The number of carbonyl (C=O) groups excluding carboxylic acids is 2. The molecule has 0 aromatic heterocycles. The van der Waals surface area contributed by atoms with Crippen LogP contribution in [-0.4, -0.2) is 39.6 Å². The smallest absolute Gasteiger partial charge is 0.329 e. The third kappa shape index (κ3) is 2.80. The summed E-state index contributed by atoms with van der Waals surface area (Å²) in [7, 11) is 0. The number of carbonyl (C=O) groups is 3. The van der Waals surface area contributed by atoms with Crippen LogP contribution in [0, 0.1) is 0 Å². The van der Waals surface area contributed by atoms with Crippen LogP contribution in [0.2, 0.25) is 0 Å². The Hall–Kier alpha value is -2.35. The number of carboxylic acids is 1. The summed E-state index contributed by atoms with van der Waals surface area (Å²) in [6, 6.07) is 3.75. The Labute approximate surface area is 121 Å². The van der Waals surface area contributed by atoms with E-state index in [4.69, 9.17) is 5.11 Å². The minimum Gasteiger partial charge on any atom is -0.507 e. The van der Waals surface area contributed by atoms with Gasteiger partial charge in [0.15, 0.2) is 0 Å². The van der Waals surface area contributed by atoms with Crippen molar-refractivity contribution in [3.8, 4) is 5.75 Å². The Morgan fingerprint density at radius 2 is 2.10 bits per heavy atom. The summed E-state index contributed by atoms with van der Waals surface area (Å²) < 4.78 is 0.436. The van der Waals surface area contributed by atoms with E-state index in [9.17, 15) is 19.5 Å². The first kappa shape index (κ1) is 14.1. The molecule has 1 saturated heterocycles. The number of nitrogens with zero attached hydrogens (tertiary/aromatic N) is 1. The van der Waals surface area contributed by atoms with Crippen LogP contribution < -0.4 is 5.32 Å². The molecule has 1 aromatic carbocycles. The van der Waals surface area contributed by atoms with Gasteiger partial charge in [0, 0.05) is 0 Å². The third-order valence-electron chi connectivity index (χ3n) is 2.54. The number of phenolic OH excluding ortho intramolecular Hbond substituents is 1. The van der Waals surface area contributed by atoms with Crippen molar-refractivity contribution in [1.82, 2.24) is 10.2 Å². The van der Waals surface area contributed by atoms with Crippen molar-refractivity contribution in [2.45, 2.75) is 0 Å². The summed E-state index contributed by atoms with van der Waals surface area (Å²) in [4.78, 5) is 34.5. The first-order valence-electron chi connectivity index (χ1n) is 5.43. The molecule has 1 fully saturated rings. The van der Waals surface area contributed by atoms with Gasteiger partial charge in [-0.2, -0.15) is 0 Å². The lowest BCUT2D eigenvalue weighted by Crippen LogP contribution is -2.35. The van der Waals surface area contributed by atoms with Gasteiger partial charge in [0.1, 0.15) is 18.0 Å². The van der Waals surface area contributed by atoms with Crippen molar-refractivity contribution in [1.29, 1.82) is 0 Å². The summed E-state index contributed by atoms with van der Waals surface area (Å²) in [6.45, 7) is -0.693. The maximum atomic E-state index is 11.9. The highest BCUT2D eigenvalue weighted by Gasteiger charge is 2.34. The molecule has 104 valence electrons. The van der Waals surface area contributed by atoms with Crippen LogP contribution in [0.1, 0.15) is 5.56 Å². The maximum Gasteiger partial charge on any atom is 0.329 e. The number of hydrogen-bond donors (Lipinski definition) is 3. The zero-order valence-electron chi connectivity index (χ0n) is 9.96. The Morgan fingerprint density at radius 1 is 1.40 bits per heavy atom. The molecule has 1 heterocycles. The second kappa shape index (κ2) is 5.33. The number of imide groups is 1. The highest BCUT2D eigenvalue weighted by Crippen LogP contribution is 2.25. The molecule has 1 aliphatic rings. The van der Waals surface area contributed by atoms with Gasteiger partial charge >= 0.3 is 12.0 Å². The topological polar surface area (TPSA) is 107 Å². The zero-order chi connectivity index (χ0) is 14.9. The van der Waals surface area contributed by atoms with Gasteiger partial charge in [-0.1, -0.05) is 6.07 Å². The number of nitrogens with one attached hydrogen (secondary N) is 1. The van der Waals surface area contributed by atoms with Crippen molar-refractivity contribution in [3.63, 3.8) is 0 Å². The van der Waals surface area contributed by atoms with Gasteiger partial charge in [0.05, 0.1) is 4.47 Å². The number of carboxylic acid groups (broad SMARTS) is 1. The highest BCUT2D eigenvalue weighted by molar-refractivity contribution is 9.10. The number of amides is 3. The molecule has 2 rings (SSSR count). The monoisotopic (exact) mass is 340 g/mol. The molecule has 1 aromatic rings. The molecule has 0 radical (unpaired) electrons. The fourth-order valence-corrected chi connectivity index (χ4v) is 2.03. The van der Waals surface area contributed by atoms with Crippen LogP contribution in [0.5, 0.6) is 5.75 Å². The number of rotatable bonds is 3. The molecule has 1 aliphatic heterocycles. The molecule has 0 unspecified atom stereocenters. The van der Waals surface area contributed by atoms with Crippen molar-refractivity contribution < 1.29 is 24.6 Å². The Balaban J connectivity index is 2.27. The SMILES string of the molecule is O=C(O)CN1C(=O)N/C(=C/c2ccc(O)c(Br)c2)C1=O. The van der Waals surface area contributed by atoms with Gasteiger partial charge in [-0.05, 0) is 39.7 Å². The van der Waals surface area contributed by atoms with Crippen LogP contribution in [-0.2, 0) is 9.59 Å². The number of halogens is 1. The summed E-state index contributed by atoms with van der Waals surface area (Å²) in [6.07, 6.45) is 1.40. The summed E-state index contributed by atoms with van der Waals surface area (Å²) in [5, 5.41) is 20.3. The van der Waals surface area contributed by atoms with E-state index >= 15 is 0 Å². The van der Waals surface area contributed by atoms with Gasteiger partial charge in [0.25, 0.3) is 5.91 Å². The van der Waals surface area contributed by atoms with Crippen LogP contribution in [0.15, 0.2) is 28.4 Å². The Kier molecular flexibility index (Phi) is 3.75. The molecular weight excluding hydrogens is 332 g/mol. The van der Waals surface area contributed by atoms with Crippen molar-refractivity contribution in [3.05, 3.63) is 33.9 Å². The lowest BCUT2D eigenvalue weighted by molar-refractivity contribution is -0.140. The van der Waals surface area contributed by atoms with Crippen molar-refractivity contribution in [2.75, 3.05) is 6.54 Å².